The van der Waals surface area contributed by atoms with Crippen LogP contribution in [-0.2, 0) is 4.74 Å². The second kappa shape index (κ2) is 7.20. The quantitative estimate of drug-likeness (QED) is 0.863. The highest BCUT2D eigenvalue weighted by molar-refractivity contribution is 7.99. The van der Waals surface area contributed by atoms with E-state index in [-0.39, 0.29) is 5.60 Å². The Morgan fingerprint density at radius 1 is 1.43 bits per heavy atom. The van der Waals surface area contributed by atoms with Crippen LogP contribution in [0.5, 0.6) is 0 Å². The Morgan fingerprint density at radius 3 is 3.10 bits per heavy atom. The summed E-state index contributed by atoms with van der Waals surface area (Å²) >= 11 is 2.09. The first kappa shape index (κ1) is 16.1. The lowest BCUT2D eigenvalue weighted by atomic mass is 9.85. The maximum atomic E-state index is 6.20. The third-order valence-electron chi connectivity index (χ3n) is 5.77. The Labute approximate surface area is 134 Å². The molecule has 1 N–H and O–H groups in total. The zero-order valence-corrected chi connectivity index (χ0v) is 14.6. The van der Waals surface area contributed by atoms with Crippen molar-refractivity contribution in [2.24, 2.45) is 5.92 Å². The van der Waals surface area contributed by atoms with Crippen LogP contribution in [0.25, 0.3) is 0 Å². The first-order valence-corrected chi connectivity index (χ1v) is 10.1. The molecular formula is C17H32N2OS. The summed E-state index contributed by atoms with van der Waals surface area (Å²) in [7, 11) is 0. The van der Waals surface area contributed by atoms with Crippen molar-refractivity contribution in [1.29, 1.82) is 0 Å². The lowest BCUT2D eigenvalue weighted by Crippen LogP contribution is -2.53. The molecule has 0 aliphatic carbocycles. The summed E-state index contributed by atoms with van der Waals surface area (Å²) < 4.78 is 6.20. The molecule has 0 amide bonds. The van der Waals surface area contributed by atoms with Crippen molar-refractivity contribution in [1.82, 2.24) is 10.2 Å². The van der Waals surface area contributed by atoms with E-state index in [1.165, 1.54) is 56.7 Å². The molecule has 3 heterocycles. The maximum Gasteiger partial charge on any atom is 0.0795 e. The van der Waals surface area contributed by atoms with Crippen molar-refractivity contribution in [3.63, 3.8) is 0 Å². The molecular weight excluding hydrogens is 280 g/mol. The molecule has 0 radical (unpaired) electrons. The highest BCUT2D eigenvalue weighted by atomic mass is 32.2. The van der Waals surface area contributed by atoms with Gasteiger partial charge in [0.05, 0.1) is 5.60 Å². The Kier molecular flexibility index (Phi) is 5.52. The van der Waals surface area contributed by atoms with Crippen LogP contribution in [0, 0.1) is 5.92 Å². The number of hydrogen-bond acceptors (Lipinski definition) is 4. The van der Waals surface area contributed by atoms with Crippen LogP contribution in [0.2, 0.25) is 0 Å². The highest BCUT2D eigenvalue weighted by Crippen LogP contribution is 2.40. The summed E-state index contributed by atoms with van der Waals surface area (Å²) in [6.45, 7) is 9.27. The molecule has 3 aliphatic heterocycles. The van der Waals surface area contributed by atoms with Gasteiger partial charge in [-0.2, -0.15) is 11.8 Å². The fourth-order valence-corrected chi connectivity index (χ4v) is 5.82. The molecule has 21 heavy (non-hydrogen) atoms. The zero-order chi connectivity index (χ0) is 14.7. The highest BCUT2D eigenvalue weighted by Gasteiger charge is 2.42. The molecule has 0 saturated carbocycles. The van der Waals surface area contributed by atoms with Gasteiger partial charge in [-0.05, 0) is 63.8 Å². The Bertz CT molecular complexity index is 333. The number of thioether (sulfide) groups is 1. The Hall–Kier alpha value is 0.230. The normalized spacial score (nSPS) is 39.7. The third-order valence-corrected chi connectivity index (χ3v) is 7.00. The summed E-state index contributed by atoms with van der Waals surface area (Å²) in [5.74, 6) is 3.36. The number of likely N-dealkylation sites (tertiary alicyclic amines) is 1. The summed E-state index contributed by atoms with van der Waals surface area (Å²) in [4.78, 5) is 2.80. The SMILES string of the molecule is CCNC(C)C1CCCN(C2CCOC3(CCSC3)C2)C1. The summed E-state index contributed by atoms with van der Waals surface area (Å²) in [6, 6.07) is 1.43. The molecule has 122 valence electrons. The molecule has 0 aromatic carbocycles. The van der Waals surface area contributed by atoms with Gasteiger partial charge in [0.1, 0.15) is 0 Å². The third kappa shape index (κ3) is 3.77. The fraction of sp³-hybridized carbons (Fsp3) is 1.00. The van der Waals surface area contributed by atoms with E-state index in [1.54, 1.807) is 0 Å². The standard InChI is InChI=1S/C17H32N2OS/c1-3-18-14(2)15-5-4-8-19(12-15)16-6-9-20-17(11-16)7-10-21-13-17/h14-16,18H,3-13H2,1-2H3. The summed E-state index contributed by atoms with van der Waals surface area (Å²) in [6.07, 6.45) is 6.57. The van der Waals surface area contributed by atoms with E-state index in [9.17, 15) is 0 Å². The molecule has 0 aromatic rings. The average Bonchev–Trinajstić information content (AvgIpc) is 2.95. The molecule has 3 saturated heterocycles. The molecule has 4 unspecified atom stereocenters. The second-order valence-electron chi connectivity index (χ2n) is 7.22. The molecule has 3 rings (SSSR count). The van der Waals surface area contributed by atoms with Gasteiger partial charge in [0, 0.05) is 31.0 Å². The predicted octanol–water partition coefficient (Wildman–Crippen LogP) is 2.75. The zero-order valence-electron chi connectivity index (χ0n) is 13.8. The van der Waals surface area contributed by atoms with Crippen molar-refractivity contribution < 1.29 is 4.74 Å². The number of nitrogens with one attached hydrogen (secondary N) is 1. The van der Waals surface area contributed by atoms with Gasteiger partial charge in [-0.15, -0.1) is 0 Å². The number of ether oxygens (including phenoxy) is 1. The Morgan fingerprint density at radius 2 is 2.33 bits per heavy atom. The molecule has 3 nitrogen and oxygen atoms in total. The van der Waals surface area contributed by atoms with E-state index >= 15 is 0 Å². The van der Waals surface area contributed by atoms with Gasteiger partial charge in [-0.1, -0.05) is 6.92 Å². The van der Waals surface area contributed by atoms with Crippen molar-refractivity contribution in [3.05, 3.63) is 0 Å². The molecule has 0 bridgehead atoms. The minimum Gasteiger partial charge on any atom is -0.374 e. The first-order valence-electron chi connectivity index (χ1n) is 8.91. The van der Waals surface area contributed by atoms with Crippen LogP contribution in [-0.4, -0.2) is 60.3 Å². The van der Waals surface area contributed by atoms with Crippen molar-refractivity contribution in [2.45, 2.75) is 63.6 Å². The monoisotopic (exact) mass is 312 g/mol. The maximum absolute atomic E-state index is 6.20. The number of hydrogen-bond donors (Lipinski definition) is 1. The van der Waals surface area contributed by atoms with Crippen LogP contribution in [0.4, 0.5) is 0 Å². The summed E-state index contributed by atoms with van der Waals surface area (Å²) in [5.41, 5.74) is 0.230. The van der Waals surface area contributed by atoms with E-state index in [0.29, 0.717) is 6.04 Å². The predicted molar refractivity (Wildman–Crippen MR) is 91.1 cm³/mol. The van der Waals surface area contributed by atoms with E-state index in [4.69, 9.17) is 4.74 Å². The number of piperidine rings is 1. The Balaban J connectivity index is 1.58. The van der Waals surface area contributed by atoms with Gasteiger partial charge >= 0.3 is 0 Å². The number of rotatable bonds is 4. The summed E-state index contributed by atoms with van der Waals surface area (Å²) in [5, 5.41) is 3.63. The topological polar surface area (TPSA) is 24.5 Å². The van der Waals surface area contributed by atoms with E-state index < -0.39 is 0 Å². The largest absolute Gasteiger partial charge is 0.374 e. The van der Waals surface area contributed by atoms with Crippen molar-refractivity contribution >= 4 is 11.8 Å². The molecule has 3 aliphatic rings. The lowest BCUT2D eigenvalue weighted by Gasteiger charge is -2.46. The molecule has 4 atom stereocenters. The van der Waals surface area contributed by atoms with Crippen LogP contribution in [0.15, 0.2) is 0 Å². The average molecular weight is 313 g/mol. The number of nitrogens with zero attached hydrogens (tertiary/aromatic N) is 1. The lowest BCUT2D eigenvalue weighted by molar-refractivity contribution is -0.0945. The van der Waals surface area contributed by atoms with E-state index in [2.05, 4.69) is 35.8 Å². The first-order chi connectivity index (χ1) is 10.2. The van der Waals surface area contributed by atoms with E-state index in [0.717, 1.165) is 25.1 Å². The molecule has 3 fully saturated rings. The molecule has 4 heteroatoms. The van der Waals surface area contributed by atoms with Gasteiger partial charge in [0.15, 0.2) is 0 Å². The minimum absolute atomic E-state index is 0.230. The van der Waals surface area contributed by atoms with E-state index in [1.807, 2.05) is 0 Å². The van der Waals surface area contributed by atoms with Gasteiger partial charge in [-0.25, -0.2) is 0 Å². The smallest absolute Gasteiger partial charge is 0.0795 e. The minimum atomic E-state index is 0.230. The van der Waals surface area contributed by atoms with Crippen LogP contribution in [0.3, 0.4) is 0 Å². The van der Waals surface area contributed by atoms with Crippen molar-refractivity contribution in [2.75, 3.05) is 37.7 Å². The van der Waals surface area contributed by atoms with Gasteiger partial charge in [0.2, 0.25) is 0 Å². The fourth-order valence-electron chi connectivity index (χ4n) is 4.45. The molecule has 0 aromatic heterocycles. The van der Waals surface area contributed by atoms with Crippen LogP contribution >= 0.6 is 11.8 Å². The van der Waals surface area contributed by atoms with Crippen molar-refractivity contribution in [3.8, 4) is 0 Å². The van der Waals surface area contributed by atoms with Gasteiger partial charge in [-0.3, -0.25) is 4.90 Å². The van der Waals surface area contributed by atoms with Gasteiger partial charge < -0.3 is 10.1 Å². The molecule has 1 spiro atoms. The van der Waals surface area contributed by atoms with Gasteiger partial charge in [0.25, 0.3) is 0 Å². The van der Waals surface area contributed by atoms with Crippen LogP contribution < -0.4 is 5.32 Å². The second-order valence-corrected chi connectivity index (χ2v) is 8.33. The van der Waals surface area contributed by atoms with Crippen LogP contribution in [0.1, 0.15) is 46.0 Å².